The Labute approximate surface area is 280 Å². The number of hydrogen-bond donors (Lipinski definition) is 0. The SMILES string of the molecule is CCc1cc(Oc2ccc3c4cc(-c5ccccc5)ccc4n(-c4cc(C)ccn4)c3c2)cc(-n2nc(C)c(-c3ccccc3)c2C)c1. The fraction of sp³-hybridized carbons (Fsp3) is 0.116. The van der Waals surface area contributed by atoms with E-state index in [-0.39, 0.29) is 0 Å². The fourth-order valence-electron chi connectivity index (χ4n) is 6.85. The molecule has 0 aliphatic rings. The number of nitrogens with zero attached hydrogens (tertiary/aromatic N) is 4. The van der Waals surface area contributed by atoms with Crippen molar-refractivity contribution in [3.63, 3.8) is 0 Å². The van der Waals surface area contributed by atoms with E-state index in [1.165, 1.54) is 33.2 Å². The predicted molar refractivity (Wildman–Crippen MR) is 197 cm³/mol. The lowest BCUT2D eigenvalue weighted by Gasteiger charge is -2.13. The molecule has 0 aliphatic carbocycles. The molecule has 0 atom stereocenters. The van der Waals surface area contributed by atoms with Gasteiger partial charge in [-0.2, -0.15) is 5.10 Å². The molecule has 3 aromatic heterocycles. The van der Waals surface area contributed by atoms with Crippen molar-refractivity contribution in [1.82, 2.24) is 19.3 Å². The quantitative estimate of drug-likeness (QED) is 0.177. The van der Waals surface area contributed by atoms with E-state index in [4.69, 9.17) is 14.8 Å². The largest absolute Gasteiger partial charge is 0.457 e. The number of pyridine rings is 1. The van der Waals surface area contributed by atoms with Crippen molar-refractivity contribution >= 4 is 21.8 Å². The molecule has 0 amide bonds. The Hall–Kier alpha value is -5.94. The van der Waals surface area contributed by atoms with E-state index in [0.29, 0.717) is 0 Å². The molecule has 5 nitrogen and oxygen atoms in total. The average Bonchev–Trinajstić information content (AvgIpc) is 3.60. The monoisotopic (exact) mass is 624 g/mol. The maximum Gasteiger partial charge on any atom is 0.137 e. The number of aryl methyl sites for hydroxylation is 3. The molecule has 0 bridgehead atoms. The summed E-state index contributed by atoms with van der Waals surface area (Å²) in [5.74, 6) is 2.42. The summed E-state index contributed by atoms with van der Waals surface area (Å²) in [4.78, 5) is 4.80. The summed E-state index contributed by atoms with van der Waals surface area (Å²) < 4.78 is 11.0. The Kier molecular flexibility index (Phi) is 7.37. The predicted octanol–water partition coefficient (Wildman–Crippen LogP) is 11.0. The van der Waals surface area contributed by atoms with E-state index in [1.54, 1.807) is 0 Å². The molecule has 0 aliphatic heterocycles. The molecule has 234 valence electrons. The highest BCUT2D eigenvalue weighted by Gasteiger charge is 2.18. The molecular weight excluding hydrogens is 589 g/mol. The number of rotatable bonds is 7. The van der Waals surface area contributed by atoms with E-state index in [0.717, 1.165) is 62.8 Å². The normalized spacial score (nSPS) is 11.4. The van der Waals surface area contributed by atoms with Crippen molar-refractivity contribution in [3.8, 4) is 45.3 Å². The van der Waals surface area contributed by atoms with E-state index >= 15 is 0 Å². The van der Waals surface area contributed by atoms with Crippen molar-refractivity contribution < 1.29 is 4.74 Å². The molecule has 0 N–H and O–H groups in total. The van der Waals surface area contributed by atoms with Crippen molar-refractivity contribution in [2.24, 2.45) is 0 Å². The van der Waals surface area contributed by atoms with Gasteiger partial charge in [-0.1, -0.05) is 73.7 Å². The lowest BCUT2D eigenvalue weighted by molar-refractivity contribution is 0.482. The van der Waals surface area contributed by atoms with Gasteiger partial charge in [-0.25, -0.2) is 9.67 Å². The molecule has 0 saturated heterocycles. The highest BCUT2D eigenvalue weighted by molar-refractivity contribution is 6.10. The number of aromatic nitrogens is 4. The minimum absolute atomic E-state index is 0.764. The van der Waals surface area contributed by atoms with E-state index < -0.39 is 0 Å². The van der Waals surface area contributed by atoms with Crippen LogP contribution in [0.1, 0.15) is 29.4 Å². The van der Waals surface area contributed by atoms with Crippen LogP contribution < -0.4 is 4.74 Å². The van der Waals surface area contributed by atoms with E-state index in [2.05, 4.69) is 148 Å². The van der Waals surface area contributed by atoms with Crippen molar-refractivity contribution in [2.45, 2.75) is 34.1 Å². The molecule has 3 heterocycles. The van der Waals surface area contributed by atoms with Gasteiger partial charge < -0.3 is 4.74 Å². The van der Waals surface area contributed by atoms with Gasteiger partial charge in [0.2, 0.25) is 0 Å². The van der Waals surface area contributed by atoms with Gasteiger partial charge >= 0.3 is 0 Å². The second-order valence-corrected chi connectivity index (χ2v) is 12.4. The first-order chi connectivity index (χ1) is 23.5. The van der Waals surface area contributed by atoms with Gasteiger partial charge in [0.25, 0.3) is 0 Å². The molecule has 8 aromatic rings. The van der Waals surface area contributed by atoms with Gasteiger partial charge in [0, 0.05) is 40.4 Å². The Bertz CT molecular complexity index is 2440. The Balaban J connectivity index is 1.24. The lowest BCUT2D eigenvalue weighted by Crippen LogP contribution is -2.01. The maximum absolute atomic E-state index is 6.68. The number of hydrogen-bond acceptors (Lipinski definition) is 3. The summed E-state index contributed by atoms with van der Waals surface area (Å²) in [6.45, 7) is 8.48. The summed E-state index contributed by atoms with van der Waals surface area (Å²) in [5.41, 5.74) is 12.3. The molecule has 0 unspecified atom stereocenters. The number of fused-ring (bicyclic) bond motifs is 3. The molecule has 0 radical (unpaired) electrons. The van der Waals surface area contributed by atoms with Crippen LogP contribution >= 0.6 is 0 Å². The number of benzene rings is 5. The van der Waals surface area contributed by atoms with E-state index in [9.17, 15) is 0 Å². The maximum atomic E-state index is 6.68. The third-order valence-electron chi connectivity index (χ3n) is 9.17. The topological polar surface area (TPSA) is 44.9 Å². The van der Waals surface area contributed by atoms with Gasteiger partial charge in [-0.3, -0.25) is 4.57 Å². The summed E-state index contributed by atoms with van der Waals surface area (Å²) in [5, 5.41) is 7.30. The van der Waals surface area contributed by atoms with Crippen molar-refractivity contribution in [1.29, 1.82) is 0 Å². The Morgan fingerprint density at radius 2 is 1.40 bits per heavy atom. The first-order valence-corrected chi connectivity index (χ1v) is 16.5. The fourth-order valence-corrected chi connectivity index (χ4v) is 6.85. The zero-order valence-corrected chi connectivity index (χ0v) is 27.6. The second kappa shape index (κ2) is 12.0. The molecule has 8 rings (SSSR count). The zero-order chi connectivity index (χ0) is 32.8. The van der Waals surface area contributed by atoms with Gasteiger partial charge in [0.05, 0.1) is 22.4 Å². The van der Waals surface area contributed by atoms with Crippen molar-refractivity contribution in [3.05, 3.63) is 156 Å². The molecule has 5 aromatic carbocycles. The first kappa shape index (κ1) is 29.5. The smallest absolute Gasteiger partial charge is 0.137 e. The van der Waals surface area contributed by atoms with Crippen LogP contribution in [0.5, 0.6) is 11.5 Å². The Morgan fingerprint density at radius 1 is 0.625 bits per heavy atom. The molecule has 0 fully saturated rings. The first-order valence-electron chi connectivity index (χ1n) is 16.5. The third kappa shape index (κ3) is 5.23. The summed E-state index contributed by atoms with van der Waals surface area (Å²) in [7, 11) is 0. The van der Waals surface area contributed by atoms with Gasteiger partial charge in [-0.15, -0.1) is 0 Å². The van der Waals surface area contributed by atoms with Crippen LogP contribution in [0.25, 0.3) is 55.6 Å². The zero-order valence-electron chi connectivity index (χ0n) is 27.6. The van der Waals surface area contributed by atoms with Crippen molar-refractivity contribution in [2.75, 3.05) is 0 Å². The Morgan fingerprint density at radius 3 is 2.15 bits per heavy atom. The van der Waals surface area contributed by atoms with Crippen LogP contribution in [-0.4, -0.2) is 19.3 Å². The van der Waals surface area contributed by atoms with Gasteiger partial charge in [0.1, 0.15) is 17.3 Å². The minimum atomic E-state index is 0.764. The molecule has 0 spiro atoms. The van der Waals surface area contributed by atoms with Crippen LogP contribution in [0, 0.1) is 20.8 Å². The van der Waals surface area contributed by atoms with E-state index in [1.807, 2.05) is 23.0 Å². The average molecular weight is 625 g/mol. The lowest BCUT2D eigenvalue weighted by atomic mass is 10.0. The third-order valence-corrected chi connectivity index (χ3v) is 9.17. The van der Waals surface area contributed by atoms with Crippen LogP contribution in [-0.2, 0) is 6.42 Å². The van der Waals surface area contributed by atoms with Gasteiger partial charge in [0.15, 0.2) is 0 Å². The minimum Gasteiger partial charge on any atom is -0.457 e. The molecular formula is C43H36N4O. The van der Waals surface area contributed by atoms with Gasteiger partial charge in [-0.05, 0) is 104 Å². The highest BCUT2D eigenvalue weighted by Crippen LogP contribution is 2.38. The van der Waals surface area contributed by atoms with Crippen LogP contribution in [0.4, 0.5) is 0 Å². The molecule has 0 saturated carbocycles. The highest BCUT2D eigenvalue weighted by atomic mass is 16.5. The summed E-state index contributed by atoms with van der Waals surface area (Å²) in [6.07, 6.45) is 2.76. The summed E-state index contributed by atoms with van der Waals surface area (Å²) in [6, 6.07) is 44.6. The molecule has 5 heteroatoms. The van der Waals surface area contributed by atoms with Crippen LogP contribution in [0.2, 0.25) is 0 Å². The molecule has 48 heavy (non-hydrogen) atoms. The summed E-state index contributed by atoms with van der Waals surface area (Å²) >= 11 is 0. The number of ether oxygens (including phenoxy) is 1. The van der Waals surface area contributed by atoms with Crippen LogP contribution in [0.15, 0.2) is 134 Å². The van der Waals surface area contributed by atoms with Crippen LogP contribution in [0.3, 0.4) is 0 Å². The second-order valence-electron chi connectivity index (χ2n) is 12.4. The standard InChI is InChI=1S/C43H36N4O/c1-5-31-23-35(47-30(4)43(29(3)45-47)33-14-10-7-11-15-33)26-37(24-31)48-36-17-18-38-39-25-34(32-12-8-6-9-13-32)16-19-40(39)46(41(38)27-36)42-22-28(2)20-21-44-42/h6-27H,5H2,1-4H3.